The number of pyridine rings is 4. The number of hydrogen-bond donors (Lipinski definition) is 7. The lowest BCUT2D eigenvalue weighted by Crippen LogP contribution is -2.49. The van der Waals surface area contributed by atoms with E-state index >= 15 is 0 Å². The van der Waals surface area contributed by atoms with Gasteiger partial charge in [0.1, 0.15) is 0 Å². The summed E-state index contributed by atoms with van der Waals surface area (Å²) in [5.41, 5.74) is 12.8. The van der Waals surface area contributed by atoms with Crippen LogP contribution in [0.3, 0.4) is 0 Å². The van der Waals surface area contributed by atoms with Crippen LogP contribution < -0.4 is 26.9 Å². The van der Waals surface area contributed by atoms with Crippen molar-refractivity contribution in [2.24, 2.45) is 0 Å². The predicted octanol–water partition coefficient (Wildman–Crippen LogP) is 20.4. The molecule has 3 fully saturated rings. The molecule has 622 valence electrons. The van der Waals surface area contributed by atoms with E-state index in [0.717, 1.165) is 93.4 Å². The summed E-state index contributed by atoms with van der Waals surface area (Å²) in [4.78, 5) is 79.0. The van der Waals surface area contributed by atoms with Gasteiger partial charge in [-0.2, -0.15) is 0 Å². The Kier molecular flexibility index (Phi) is 34.2. The second-order valence-electron chi connectivity index (χ2n) is 32.7. The predicted molar refractivity (Wildman–Crippen MR) is 496 cm³/mol. The van der Waals surface area contributed by atoms with Crippen molar-refractivity contribution in [3.8, 4) is 53.6 Å². The van der Waals surface area contributed by atoms with Crippen LogP contribution in [0.4, 0.5) is 0 Å². The Bertz CT molecular complexity index is 5290. The molecule has 11 aromatic rings. The zero-order chi connectivity index (χ0) is 87.0. The number of aromatic nitrogens is 4. The Morgan fingerprint density at radius 1 is 0.483 bits per heavy atom. The quantitative estimate of drug-likeness (QED) is 0.0627. The first kappa shape index (κ1) is 96.1. The minimum atomic E-state index is -1.68. The minimum absolute atomic E-state index is 0.00787. The summed E-state index contributed by atoms with van der Waals surface area (Å²) in [5.74, 6) is -2.31. The first-order valence-electron chi connectivity index (χ1n) is 37.5. The summed E-state index contributed by atoms with van der Waals surface area (Å²) in [7, 11) is -2.00. The fourth-order valence-corrected chi connectivity index (χ4v) is 17.2. The van der Waals surface area contributed by atoms with Gasteiger partial charge in [0.2, 0.25) is 11.8 Å². The van der Waals surface area contributed by atoms with E-state index in [1.807, 2.05) is 65.9 Å². The fraction of sp³-hybridized carbons (Fsp3) is 0.322. The average Bonchev–Trinajstić information content (AvgIpc) is 1.62. The number of carboxylic acid groups (broad SMARTS) is 2. The smallest absolute Gasteiger partial charge is 0.478 e. The van der Waals surface area contributed by atoms with Gasteiger partial charge in [0.05, 0.1) is 39.2 Å². The van der Waals surface area contributed by atoms with Crippen LogP contribution in [0.25, 0.3) is 53.6 Å². The molecule has 11 heterocycles. The van der Waals surface area contributed by atoms with Crippen LogP contribution in [0.2, 0.25) is 15.1 Å². The molecule has 0 atom stereocenters. The van der Waals surface area contributed by atoms with E-state index in [-0.39, 0.29) is 85.9 Å². The van der Waals surface area contributed by atoms with Crippen LogP contribution in [-0.2, 0) is 40.6 Å². The minimum Gasteiger partial charge on any atom is -0.478 e. The van der Waals surface area contributed by atoms with Crippen molar-refractivity contribution in [1.29, 1.82) is 0 Å². The van der Waals surface area contributed by atoms with E-state index in [4.69, 9.17) is 64.4 Å². The highest BCUT2D eigenvalue weighted by Crippen LogP contribution is 2.41. The summed E-state index contributed by atoms with van der Waals surface area (Å²) in [6, 6.07) is 38.8. The number of rotatable bonds is 10. The molecule has 7 N–H and O–H groups in total. The first-order valence-corrected chi connectivity index (χ1v) is 44.5. The molecule has 0 unspecified atom stereocenters. The molecular formula is C87H96B2Br3Cl3N8O11S4. The highest BCUT2D eigenvalue weighted by molar-refractivity contribution is 9.11. The lowest BCUT2D eigenvalue weighted by atomic mass is 9.77. The van der Waals surface area contributed by atoms with E-state index in [2.05, 4.69) is 254 Å². The molecule has 118 heavy (non-hydrogen) atoms. The molecule has 3 aliphatic rings. The number of nitrogens with zero attached hydrogens (tertiary/aromatic N) is 5. The van der Waals surface area contributed by atoms with Crippen LogP contribution in [0.15, 0.2) is 186 Å². The third-order valence-corrected chi connectivity index (χ3v) is 25.5. The molecule has 3 amide bonds. The fourth-order valence-electron chi connectivity index (χ4n) is 11.2. The number of hydrogen-bond acceptors (Lipinski definition) is 18. The molecule has 0 bridgehead atoms. The Labute approximate surface area is 747 Å². The summed E-state index contributed by atoms with van der Waals surface area (Å²) in [6.45, 7) is 37.4. The molecular weight excluding hydrogens is 1830 g/mol. The molecule has 3 saturated heterocycles. The molecule has 0 aliphatic carbocycles. The third kappa shape index (κ3) is 27.8. The molecule has 3 aromatic carbocycles. The number of aromatic carboxylic acids is 2. The SMILES string of the molecule is Brc1csc(Br)c1.CC(C)(C)c1cc(-c2cc(-c3ccc(C(=O)N4CCNC(=O)C4)cc3Cl)cs2)ccn1.CC(C)(C)c1cc(-c2cc(-c3ccc(C(=O)O)cc3Cl)cs2)ccn1.CC(C)(C)c1cc(-c2cc(Br)cs2)ccn1.CC(C)(C)c1cc(B2OC(C)(C)C(C)(C)O2)ccn1.O=C(O)c1ccc(B(O)O)c(Cl)c1.O=C1CNCCN1. The van der Waals surface area contributed by atoms with Gasteiger partial charge < -0.3 is 50.4 Å². The number of thiophene rings is 4. The molecule has 31 heteroatoms. The van der Waals surface area contributed by atoms with Crippen LogP contribution in [0.1, 0.15) is 165 Å². The number of nitrogens with one attached hydrogen (secondary N) is 3. The number of carbonyl (C=O) groups excluding carboxylic acids is 3. The van der Waals surface area contributed by atoms with E-state index in [0.29, 0.717) is 35.2 Å². The maximum Gasteiger partial charge on any atom is 0.494 e. The van der Waals surface area contributed by atoms with E-state index < -0.39 is 19.1 Å². The number of benzene rings is 3. The van der Waals surface area contributed by atoms with Crippen molar-refractivity contribution < 1.29 is 53.5 Å². The second kappa shape index (κ2) is 42.0. The molecule has 0 radical (unpaired) electrons. The number of piperazine rings is 2. The van der Waals surface area contributed by atoms with Gasteiger partial charge in [-0.25, -0.2) is 9.59 Å². The standard InChI is InChI=1S/C24H24ClN3O2S.C20H18ClNO2S.C15H24BNO2.C13H14BrNS.C7H6BClO4.C4H2Br2S.C4H8N2O/c1-24(2,3)21-12-15(6-7-26-21)20-11-17(14-31-20)18-5-4-16(10-19(18)25)23(30)28-9-8-27-22(29)13-28;1-20(2,3)18-10-12(6-7-22-18)17-9-14(11-25-17)15-5-4-13(19(23)24)8-16(15)21;1-13(2,3)12-10-11(8-9-17-12)16-18-14(4,5)15(6,7)19-16;1-13(2,3)12-6-9(4-5-15-12)11-7-10(14)8-16-11;9-6-3-4(7(10)11)1-2-5(6)8(12)13;5-3-1-4(6)7-2-3;7-4-3-5-1-2-6-4/h4-7,10-12,14H,8-9,13H2,1-3H3,(H,27,29);4-11H,1-3H3,(H,23,24);8-10H,1-7H3;4-8H,1-3H3;1-3,12-13H,(H,10,11);1-2H;5H,1-3H2,(H,6,7). The Morgan fingerprint density at radius 2 is 0.890 bits per heavy atom. The number of halogens is 6. The first-order chi connectivity index (χ1) is 55.2. The number of carboxylic acids is 2. The van der Waals surface area contributed by atoms with Gasteiger partial charge in [-0.05, 0) is 229 Å². The number of amides is 3. The highest BCUT2D eigenvalue weighted by Gasteiger charge is 2.52. The normalized spacial score (nSPS) is 14.2. The summed E-state index contributed by atoms with van der Waals surface area (Å²) >= 11 is 35.2. The van der Waals surface area contributed by atoms with Crippen molar-refractivity contribution in [3.63, 3.8) is 0 Å². The molecule has 14 rings (SSSR count). The number of carbonyl (C=O) groups is 5. The lowest BCUT2D eigenvalue weighted by Gasteiger charge is -2.32. The Hall–Kier alpha value is -7.35. The monoisotopic (exact) mass is 1920 g/mol. The van der Waals surface area contributed by atoms with Crippen LogP contribution >= 0.6 is 128 Å². The van der Waals surface area contributed by atoms with E-state index in [1.54, 1.807) is 74.5 Å². The van der Waals surface area contributed by atoms with Crippen molar-refractivity contribution in [2.75, 3.05) is 39.3 Å². The maximum absolute atomic E-state index is 12.7. The zero-order valence-corrected chi connectivity index (χ0v) is 78.7. The molecule has 8 aromatic heterocycles. The van der Waals surface area contributed by atoms with Gasteiger partial charge >= 0.3 is 26.2 Å². The third-order valence-electron chi connectivity index (χ3n) is 18.6. The summed E-state index contributed by atoms with van der Waals surface area (Å²) in [6.07, 6.45) is 7.41. The largest absolute Gasteiger partial charge is 0.494 e. The van der Waals surface area contributed by atoms with Crippen molar-refractivity contribution in [1.82, 2.24) is 40.8 Å². The molecule has 0 saturated carbocycles. The van der Waals surface area contributed by atoms with Gasteiger partial charge in [-0.15, -0.1) is 45.3 Å². The van der Waals surface area contributed by atoms with E-state index in [9.17, 15) is 24.0 Å². The Balaban J connectivity index is 0.000000181. The molecule has 3 aliphatic heterocycles. The summed E-state index contributed by atoms with van der Waals surface area (Å²) < 4.78 is 15.6. The maximum atomic E-state index is 12.7. The Morgan fingerprint density at radius 3 is 1.25 bits per heavy atom. The van der Waals surface area contributed by atoms with Crippen molar-refractivity contribution >= 4 is 183 Å². The second-order valence-corrected chi connectivity index (χ2v) is 40.7. The van der Waals surface area contributed by atoms with Crippen LogP contribution in [0.5, 0.6) is 0 Å². The van der Waals surface area contributed by atoms with Crippen LogP contribution in [0, 0.1) is 0 Å². The van der Waals surface area contributed by atoms with Crippen molar-refractivity contribution in [3.05, 3.63) is 241 Å². The van der Waals surface area contributed by atoms with Gasteiger partial charge in [0, 0.05) is 167 Å². The molecule has 19 nitrogen and oxygen atoms in total. The van der Waals surface area contributed by atoms with Crippen LogP contribution in [-0.4, -0.2) is 139 Å². The van der Waals surface area contributed by atoms with Gasteiger partial charge in [0.15, 0.2) is 0 Å². The average molecular weight is 1930 g/mol. The van der Waals surface area contributed by atoms with Crippen molar-refractivity contribution in [2.45, 2.75) is 144 Å². The van der Waals surface area contributed by atoms with Gasteiger partial charge in [-0.1, -0.05) is 136 Å². The van der Waals surface area contributed by atoms with E-state index in [1.165, 1.54) is 38.5 Å². The van der Waals surface area contributed by atoms with Gasteiger partial charge in [0.25, 0.3) is 5.91 Å². The summed E-state index contributed by atoms with van der Waals surface area (Å²) in [5, 5.41) is 52.7. The zero-order valence-electron chi connectivity index (χ0n) is 68.4. The topological polar surface area (TPSA) is 276 Å². The lowest BCUT2D eigenvalue weighted by molar-refractivity contribution is -0.123. The molecule has 0 spiro atoms. The highest BCUT2D eigenvalue weighted by atomic mass is 79.9. The van der Waals surface area contributed by atoms with Gasteiger partial charge in [-0.3, -0.25) is 34.3 Å².